The lowest BCUT2D eigenvalue weighted by molar-refractivity contribution is -0.118. The third kappa shape index (κ3) is 1.69. The highest BCUT2D eigenvalue weighted by Gasteiger charge is 2.16. The second-order valence-corrected chi connectivity index (χ2v) is 3.75. The maximum Gasteiger partial charge on any atom is 0.262 e. The number of ether oxygens (including phenoxy) is 1. The Balaban J connectivity index is 2.03. The lowest BCUT2D eigenvalue weighted by atomic mass is 10.1. The number of nitrogens with one attached hydrogen (secondary N) is 2. The van der Waals surface area contributed by atoms with Crippen LogP contribution < -0.4 is 15.8 Å². The van der Waals surface area contributed by atoms with Gasteiger partial charge in [0.15, 0.2) is 6.61 Å². The highest BCUT2D eigenvalue weighted by atomic mass is 16.5. The van der Waals surface area contributed by atoms with E-state index in [2.05, 4.69) is 15.5 Å². The summed E-state index contributed by atoms with van der Waals surface area (Å²) in [5, 5.41) is 9.41. The van der Waals surface area contributed by atoms with Crippen LogP contribution in [-0.2, 0) is 4.79 Å². The molecule has 0 atom stereocenters. The van der Waals surface area contributed by atoms with Crippen molar-refractivity contribution in [2.45, 2.75) is 0 Å². The number of aromatic nitrogens is 2. The summed E-state index contributed by atoms with van der Waals surface area (Å²) < 4.78 is 5.27. The third-order valence-corrected chi connectivity index (χ3v) is 2.52. The second-order valence-electron chi connectivity index (χ2n) is 3.75. The van der Waals surface area contributed by atoms with Gasteiger partial charge in [0.25, 0.3) is 5.91 Å². The fourth-order valence-electron chi connectivity index (χ4n) is 1.74. The Labute approximate surface area is 96.8 Å². The summed E-state index contributed by atoms with van der Waals surface area (Å²) in [6.07, 6.45) is 0. The Kier molecular flexibility index (Phi) is 2.01. The molecule has 0 fully saturated rings. The molecule has 17 heavy (non-hydrogen) atoms. The highest BCUT2D eigenvalue weighted by molar-refractivity contribution is 5.96. The van der Waals surface area contributed by atoms with Crippen molar-refractivity contribution in [1.82, 2.24) is 10.2 Å². The van der Waals surface area contributed by atoms with Crippen molar-refractivity contribution in [3.63, 3.8) is 0 Å². The van der Waals surface area contributed by atoms with Gasteiger partial charge in [0.2, 0.25) is 0 Å². The minimum Gasteiger partial charge on any atom is -0.482 e. The maximum atomic E-state index is 11.2. The number of nitrogen functional groups attached to an aromatic ring is 1. The number of fused-ring (bicyclic) bond motifs is 1. The van der Waals surface area contributed by atoms with Crippen molar-refractivity contribution in [3.8, 4) is 17.0 Å². The van der Waals surface area contributed by atoms with E-state index >= 15 is 0 Å². The number of benzene rings is 1. The van der Waals surface area contributed by atoms with Gasteiger partial charge in [-0.3, -0.25) is 9.89 Å². The van der Waals surface area contributed by atoms with Crippen molar-refractivity contribution < 1.29 is 9.53 Å². The molecule has 0 saturated carbocycles. The summed E-state index contributed by atoms with van der Waals surface area (Å²) in [5.74, 6) is 0.942. The topological polar surface area (TPSA) is 93.0 Å². The minimum atomic E-state index is -0.154. The fourth-order valence-corrected chi connectivity index (χ4v) is 1.74. The van der Waals surface area contributed by atoms with Gasteiger partial charge in [-0.25, -0.2) is 0 Å². The average Bonchev–Trinajstić information content (AvgIpc) is 2.75. The number of rotatable bonds is 1. The van der Waals surface area contributed by atoms with Crippen LogP contribution in [0, 0.1) is 0 Å². The molecule has 6 heteroatoms. The van der Waals surface area contributed by atoms with Gasteiger partial charge in [0.05, 0.1) is 11.4 Å². The van der Waals surface area contributed by atoms with Crippen LogP contribution in [0.25, 0.3) is 11.3 Å². The van der Waals surface area contributed by atoms with Crippen molar-refractivity contribution in [2.75, 3.05) is 17.7 Å². The van der Waals surface area contributed by atoms with Crippen LogP contribution in [0.3, 0.4) is 0 Å². The Hall–Kier alpha value is -2.50. The lowest BCUT2D eigenvalue weighted by Gasteiger charge is -2.18. The predicted molar refractivity (Wildman–Crippen MR) is 62.6 cm³/mol. The molecule has 6 nitrogen and oxygen atoms in total. The van der Waals surface area contributed by atoms with Crippen molar-refractivity contribution >= 4 is 17.4 Å². The number of amides is 1. The number of H-pyrrole nitrogens is 1. The molecule has 86 valence electrons. The van der Waals surface area contributed by atoms with Crippen molar-refractivity contribution in [1.29, 1.82) is 0 Å². The van der Waals surface area contributed by atoms with Gasteiger partial charge in [0.1, 0.15) is 11.6 Å². The van der Waals surface area contributed by atoms with Gasteiger partial charge in [-0.05, 0) is 18.2 Å². The molecular formula is C11H10N4O2. The van der Waals surface area contributed by atoms with Crippen LogP contribution in [-0.4, -0.2) is 22.7 Å². The number of nitrogens with zero attached hydrogens (tertiary/aromatic N) is 1. The van der Waals surface area contributed by atoms with Crippen molar-refractivity contribution in [3.05, 3.63) is 24.3 Å². The van der Waals surface area contributed by atoms with E-state index in [-0.39, 0.29) is 12.5 Å². The summed E-state index contributed by atoms with van der Waals surface area (Å²) in [4.78, 5) is 11.2. The zero-order valence-electron chi connectivity index (χ0n) is 8.86. The van der Waals surface area contributed by atoms with Gasteiger partial charge in [-0.1, -0.05) is 0 Å². The first-order chi connectivity index (χ1) is 8.22. The second kappa shape index (κ2) is 3.51. The minimum absolute atomic E-state index is 0.0589. The number of nitrogens with two attached hydrogens (primary N) is 1. The molecule has 1 aliphatic heterocycles. The van der Waals surface area contributed by atoms with Gasteiger partial charge < -0.3 is 15.8 Å². The van der Waals surface area contributed by atoms with E-state index in [9.17, 15) is 4.79 Å². The molecule has 0 spiro atoms. The number of hydrogen-bond acceptors (Lipinski definition) is 4. The Bertz CT molecular complexity index is 591. The highest BCUT2D eigenvalue weighted by Crippen LogP contribution is 2.32. The van der Waals surface area contributed by atoms with Gasteiger partial charge >= 0.3 is 0 Å². The van der Waals surface area contributed by atoms with E-state index in [0.717, 1.165) is 11.3 Å². The number of hydrogen-bond donors (Lipinski definition) is 3. The molecule has 1 aromatic carbocycles. The average molecular weight is 230 g/mol. The molecular weight excluding hydrogens is 220 g/mol. The molecule has 1 aliphatic rings. The molecule has 0 bridgehead atoms. The molecule has 1 aromatic heterocycles. The number of carbonyl (C=O) groups excluding carboxylic acids is 1. The first kappa shape index (κ1) is 9.71. The smallest absolute Gasteiger partial charge is 0.262 e. The zero-order valence-corrected chi connectivity index (χ0v) is 8.86. The largest absolute Gasteiger partial charge is 0.482 e. The molecule has 0 aliphatic carbocycles. The van der Waals surface area contributed by atoms with Crippen LogP contribution in [0.2, 0.25) is 0 Å². The Morgan fingerprint density at radius 3 is 3.00 bits per heavy atom. The molecule has 2 aromatic rings. The van der Waals surface area contributed by atoms with Gasteiger partial charge in [0, 0.05) is 11.6 Å². The van der Waals surface area contributed by atoms with E-state index in [1.54, 1.807) is 12.1 Å². The van der Waals surface area contributed by atoms with E-state index in [1.807, 2.05) is 12.1 Å². The molecule has 0 unspecified atom stereocenters. The molecule has 1 amide bonds. The van der Waals surface area contributed by atoms with Gasteiger partial charge in [-0.15, -0.1) is 0 Å². The number of anilines is 2. The molecule has 0 saturated heterocycles. The monoisotopic (exact) mass is 230 g/mol. The maximum absolute atomic E-state index is 11.2. The summed E-state index contributed by atoms with van der Waals surface area (Å²) in [5.41, 5.74) is 7.88. The van der Waals surface area contributed by atoms with Crippen LogP contribution in [0.4, 0.5) is 11.5 Å². The molecule has 0 radical (unpaired) electrons. The Morgan fingerprint density at radius 2 is 2.24 bits per heavy atom. The lowest BCUT2D eigenvalue weighted by Crippen LogP contribution is -2.25. The van der Waals surface area contributed by atoms with Crippen LogP contribution in [0.1, 0.15) is 0 Å². The van der Waals surface area contributed by atoms with Crippen molar-refractivity contribution in [2.24, 2.45) is 0 Å². The SMILES string of the molecule is Nc1cc(-c2ccc3c(c2)NC(=O)CO3)[nH]n1. The van der Waals surface area contributed by atoms with Gasteiger partial charge in [-0.2, -0.15) is 5.10 Å². The van der Waals surface area contributed by atoms with E-state index in [4.69, 9.17) is 10.5 Å². The van der Waals surface area contributed by atoms with E-state index < -0.39 is 0 Å². The normalized spacial score (nSPS) is 13.8. The molecule has 4 N–H and O–H groups in total. The summed E-state index contributed by atoms with van der Waals surface area (Å²) >= 11 is 0. The molecule has 2 heterocycles. The predicted octanol–water partition coefficient (Wildman–Crippen LogP) is 0.990. The fraction of sp³-hybridized carbons (Fsp3) is 0.0909. The number of aromatic amines is 1. The first-order valence-electron chi connectivity index (χ1n) is 5.10. The summed E-state index contributed by atoms with van der Waals surface area (Å²) in [6, 6.07) is 7.23. The van der Waals surface area contributed by atoms with E-state index in [0.29, 0.717) is 17.3 Å². The third-order valence-electron chi connectivity index (χ3n) is 2.52. The van der Waals surface area contributed by atoms with Crippen LogP contribution in [0.5, 0.6) is 5.75 Å². The van der Waals surface area contributed by atoms with Crippen LogP contribution in [0.15, 0.2) is 24.3 Å². The molecule has 3 rings (SSSR count). The zero-order chi connectivity index (χ0) is 11.8. The summed E-state index contributed by atoms with van der Waals surface area (Å²) in [6.45, 7) is 0.0589. The number of carbonyl (C=O) groups is 1. The summed E-state index contributed by atoms with van der Waals surface area (Å²) in [7, 11) is 0. The van der Waals surface area contributed by atoms with Crippen LogP contribution >= 0.6 is 0 Å². The first-order valence-corrected chi connectivity index (χ1v) is 5.10. The standard InChI is InChI=1S/C11H10N4O2/c12-10-4-7(14-15-10)6-1-2-9-8(3-6)13-11(16)5-17-9/h1-4H,5H2,(H,13,16)(H3,12,14,15). The van der Waals surface area contributed by atoms with E-state index in [1.165, 1.54) is 0 Å². The quantitative estimate of drug-likeness (QED) is 0.681. The Morgan fingerprint density at radius 1 is 1.35 bits per heavy atom.